The fourth-order valence-corrected chi connectivity index (χ4v) is 5.42. The third-order valence-electron chi connectivity index (χ3n) is 7.27. The van der Waals surface area contributed by atoms with Gasteiger partial charge in [0, 0.05) is 24.8 Å². The summed E-state index contributed by atoms with van der Waals surface area (Å²) in [7, 11) is 0. The van der Waals surface area contributed by atoms with Crippen LogP contribution in [0.2, 0.25) is 0 Å². The van der Waals surface area contributed by atoms with Crippen LogP contribution in [-0.4, -0.2) is 51.1 Å². The van der Waals surface area contributed by atoms with Gasteiger partial charge in [0.2, 0.25) is 11.7 Å². The highest BCUT2D eigenvalue weighted by Crippen LogP contribution is 2.37. The second-order valence-corrected chi connectivity index (χ2v) is 10.2. The summed E-state index contributed by atoms with van der Waals surface area (Å²) in [5.74, 6) is 0.934. The zero-order chi connectivity index (χ0) is 25.6. The number of alkyl halides is 1. The molecular formula is C29H28FN5O2. The van der Waals surface area contributed by atoms with Crippen LogP contribution in [0, 0.1) is 0 Å². The van der Waals surface area contributed by atoms with E-state index < -0.39 is 5.67 Å². The second-order valence-electron chi connectivity index (χ2n) is 10.2. The molecule has 0 saturated carbocycles. The van der Waals surface area contributed by atoms with Crippen molar-refractivity contribution in [2.45, 2.75) is 43.9 Å². The van der Waals surface area contributed by atoms with Crippen molar-refractivity contribution in [3.05, 3.63) is 96.0 Å². The summed E-state index contributed by atoms with van der Waals surface area (Å²) in [5.41, 5.74) is 0.988. The molecule has 2 saturated heterocycles. The number of piperazine rings is 1. The number of amides is 1. The molecule has 4 aromatic rings. The van der Waals surface area contributed by atoms with Gasteiger partial charge in [-0.05, 0) is 43.5 Å². The van der Waals surface area contributed by atoms with E-state index in [9.17, 15) is 9.18 Å². The molecule has 37 heavy (non-hydrogen) atoms. The van der Waals surface area contributed by atoms with Crippen LogP contribution in [-0.2, 0) is 10.5 Å². The Morgan fingerprint density at radius 2 is 1.65 bits per heavy atom. The zero-order valence-corrected chi connectivity index (χ0v) is 20.8. The van der Waals surface area contributed by atoms with Crippen molar-refractivity contribution in [1.29, 1.82) is 0 Å². The van der Waals surface area contributed by atoms with Gasteiger partial charge in [-0.3, -0.25) is 4.79 Å². The molecule has 2 fully saturated rings. The molecule has 2 atom stereocenters. The number of hydrogen-bond donors (Lipinski definition) is 0. The Hall–Kier alpha value is -4.07. The van der Waals surface area contributed by atoms with Crippen LogP contribution >= 0.6 is 0 Å². The average Bonchev–Trinajstić information content (AvgIpc) is 3.66. The van der Waals surface area contributed by atoms with E-state index in [1.807, 2.05) is 72.8 Å². The van der Waals surface area contributed by atoms with Crippen LogP contribution in [0.4, 0.5) is 10.2 Å². The topological polar surface area (TPSA) is 75.4 Å². The normalized spacial score (nSPS) is 19.1. The lowest BCUT2D eigenvalue weighted by Crippen LogP contribution is -2.50. The number of nitrogens with zero attached hydrogens (tertiary/aromatic N) is 5. The minimum atomic E-state index is -1.70. The number of halogens is 1. The van der Waals surface area contributed by atoms with Crippen LogP contribution in [0.15, 0.2) is 83.5 Å². The molecule has 188 valence electrons. The van der Waals surface area contributed by atoms with Crippen LogP contribution in [0.1, 0.15) is 43.2 Å². The van der Waals surface area contributed by atoms with Crippen molar-refractivity contribution < 1.29 is 13.7 Å². The standard InChI is InChI=1S/C29H28FN5O2/c1-29(2,30)28-32-26(33-37-28)21-13-14-24(31-16-21)34-17-23-15-22(34)18-35(23)27(36)25(19-9-5-3-6-10-19)20-11-7-4-8-12-20/h3-14,16,22-23,25H,15,17-18H2,1-2H3. The Bertz CT molecular complexity index is 1350. The molecule has 2 unspecified atom stereocenters. The minimum Gasteiger partial charge on any atom is -0.350 e. The fourth-order valence-electron chi connectivity index (χ4n) is 5.42. The molecule has 2 aromatic heterocycles. The van der Waals surface area contributed by atoms with Gasteiger partial charge in [0.1, 0.15) is 5.82 Å². The third-order valence-corrected chi connectivity index (χ3v) is 7.27. The van der Waals surface area contributed by atoms with Gasteiger partial charge >= 0.3 is 0 Å². The van der Waals surface area contributed by atoms with E-state index in [1.165, 1.54) is 13.8 Å². The van der Waals surface area contributed by atoms with Crippen molar-refractivity contribution in [3.63, 3.8) is 0 Å². The molecule has 4 heterocycles. The Morgan fingerprint density at radius 3 is 2.16 bits per heavy atom. The van der Waals surface area contributed by atoms with Crippen LogP contribution in [0.25, 0.3) is 11.4 Å². The monoisotopic (exact) mass is 497 g/mol. The number of fused-ring (bicyclic) bond motifs is 2. The van der Waals surface area contributed by atoms with E-state index in [-0.39, 0.29) is 29.8 Å². The molecule has 6 rings (SSSR count). The number of likely N-dealkylation sites (tertiary alicyclic amines) is 1. The van der Waals surface area contributed by atoms with E-state index in [0.29, 0.717) is 17.9 Å². The number of carbonyl (C=O) groups is 1. The predicted octanol–water partition coefficient (Wildman–Crippen LogP) is 4.96. The van der Waals surface area contributed by atoms with Crippen LogP contribution in [0.5, 0.6) is 0 Å². The highest BCUT2D eigenvalue weighted by atomic mass is 19.1. The number of rotatable bonds is 6. The number of anilines is 1. The lowest BCUT2D eigenvalue weighted by atomic mass is 9.89. The van der Waals surface area contributed by atoms with Crippen LogP contribution < -0.4 is 4.90 Å². The largest absolute Gasteiger partial charge is 0.350 e. The van der Waals surface area contributed by atoms with E-state index in [1.54, 1.807) is 6.20 Å². The first kappa shape index (κ1) is 23.3. The maximum atomic E-state index is 14.1. The number of carbonyl (C=O) groups excluding carboxylic acids is 1. The first-order valence-electron chi connectivity index (χ1n) is 12.5. The molecule has 0 N–H and O–H groups in total. The summed E-state index contributed by atoms with van der Waals surface area (Å²) in [5, 5.41) is 3.89. The van der Waals surface area contributed by atoms with E-state index in [0.717, 1.165) is 29.9 Å². The van der Waals surface area contributed by atoms with Gasteiger partial charge in [-0.2, -0.15) is 4.98 Å². The molecule has 2 aliphatic heterocycles. The first-order valence-corrected chi connectivity index (χ1v) is 12.5. The quantitative estimate of drug-likeness (QED) is 0.375. The summed E-state index contributed by atoms with van der Waals surface area (Å²) < 4.78 is 19.1. The highest BCUT2D eigenvalue weighted by molar-refractivity contribution is 5.88. The predicted molar refractivity (Wildman–Crippen MR) is 138 cm³/mol. The van der Waals surface area contributed by atoms with Crippen LogP contribution in [0.3, 0.4) is 0 Å². The summed E-state index contributed by atoms with van der Waals surface area (Å²) in [6, 6.07) is 24.2. The summed E-state index contributed by atoms with van der Waals surface area (Å²) in [4.78, 5) is 27.0. The van der Waals surface area contributed by atoms with Gasteiger partial charge in [-0.25, -0.2) is 9.37 Å². The fraction of sp³-hybridized carbons (Fsp3) is 0.310. The molecule has 0 spiro atoms. The number of pyridine rings is 1. The van der Waals surface area contributed by atoms with E-state index >= 15 is 0 Å². The van der Waals surface area contributed by atoms with Crippen molar-refractivity contribution >= 4 is 11.7 Å². The minimum absolute atomic E-state index is 0.0579. The highest BCUT2D eigenvalue weighted by Gasteiger charge is 2.47. The SMILES string of the molecule is CC(C)(F)c1nc(-c2ccc(N3CC4CC3CN4C(=O)C(c3ccccc3)c3ccccc3)nc2)no1. The van der Waals surface area contributed by atoms with Gasteiger partial charge in [-0.1, -0.05) is 65.8 Å². The maximum absolute atomic E-state index is 14.1. The summed E-state index contributed by atoms with van der Waals surface area (Å²) in [6.45, 7) is 4.17. The van der Waals surface area contributed by atoms with Gasteiger partial charge in [0.15, 0.2) is 5.67 Å². The maximum Gasteiger partial charge on any atom is 0.264 e. The molecule has 7 nitrogen and oxygen atoms in total. The lowest BCUT2D eigenvalue weighted by molar-refractivity contribution is -0.132. The van der Waals surface area contributed by atoms with Crippen molar-refractivity contribution in [2.75, 3.05) is 18.0 Å². The lowest BCUT2D eigenvalue weighted by Gasteiger charge is -2.36. The number of benzene rings is 2. The van der Waals surface area contributed by atoms with Gasteiger partial charge < -0.3 is 14.3 Å². The van der Waals surface area contributed by atoms with E-state index in [2.05, 4.69) is 24.9 Å². The van der Waals surface area contributed by atoms with Crippen molar-refractivity contribution in [3.8, 4) is 11.4 Å². The molecule has 0 radical (unpaired) electrons. The Balaban J connectivity index is 1.18. The number of aromatic nitrogens is 3. The molecule has 2 bridgehead atoms. The van der Waals surface area contributed by atoms with Crippen molar-refractivity contribution in [2.24, 2.45) is 0 Å². The molecule has 2 aromatic carbocycles. The molecule has 2 aliphatic rings. The first-order chi connectivity index (χ1) is 17.9. The van der Waals surface area contributed by atoms with Gasteiger partial charge in [-0.15, -0.1) is 0 Å². The van der Waals surface area contributed by atoms with Gasteiger partial charge in [0.25, 0.3) is 5.89 Å². The summed E-state index contributed by atoms with van der Waals surface area (Å²) in [6.07, 6.45) is 2.61. The summed E-state index contributed by atoms with van der Waals surface area (Å²) >= 11 is 0. The molecular weight excluding hydrogens is 469 g/mol. The Labute approximate surface area is 214 Å². The third kappa shape index (κ3) is 4.37. The average molecular weight is 498 g/mol. The Morgan fingerprint density at radius 1 is 0.973 bits per heavy atom. The molecule has 1 amide bonds. The van der Waals surface area contributed by atoms with Crippen molar-refractivity contribution in [1.82, 2.24) is 20.0 Å². The zero-order valence-electron chi connectivity index (χ0n) is 20.8. The molecule has 8 heteroatoms. The van der Waals surface area contributed by atoms with E-state index in [4.69, 9.17) is 4.52 Å². The smallest absolute Gasteiger partial charge is 0.264 e. The molecule has 0 aliphatic carbocycles. The number of hydrogen-bond acceptors (Lipinski definition) is 6. The van der Waals surface area contributed by atoms with Gasteiger partial charge in [0.05, 0.1) is 18.0 Å². The second kappa shape index (κ2) is 9.10. The Kier molecular flexibility index (Phi) is 5.74.